The van der Waals surface area contributed by atoms with Crippen LogP contribution in [0.4, 0.5) is 13.2 Å². The average molecular weight is 245 g/mol. The minimum Gasteiger partial charge on any atom is -0.480 e. The van der Waals surface area contributed by atoms with E-state index in [0.29, 0.717) is 13.0 Å². The van der Waals surface area contributed by atoms with Gasteiger partial charge < -0.3 is 20.6 Å². The molecule has 0 unspecified atom stereocenters. The lowest BCUT2D eigenvalue weighted by Gasteiger charge is -1.99. The summed E-state index contributed by atoms with van der Waals surface area (Å²) < 4.78 is 31.7. The zero-order chi connectivity index (χ0) is 12.9. The van der Waals surface area contributed by atoms with E-state index >= 15 is 0 Å². The topological polar surface area (TPSA) is 107 Å². The van der Waals surface area contributed by atoms with E-state index in [1.54, 1.807) is 0 Å². The van der Waals surface area contributed by atoms with Gasteiger partial charge in [0.05, 0.1) is 6.10 Å². The van der Waals surface area contributed by atoms with Crippen molar-refractivity contribution in [2.75, 3.05) is 6.54 Å². The largest absolute Gasteiger partial charge is 0.490 e. The van der Waals surface area contributed by atoms with Crippen molar-refractivity contribution >= 4 is 11.9 Å². The number of rotatable bonds is 1. The number of aliphatic carboxylic acids is 2. The van der Waals surface area contributed by atoms with E-state index in [4.69, 9.17) is 20.1 Å². The molecular formula is C7H10F3NO5. The number of aliphatic hydroxyl groups is 1. The molecule has 0 radical (unpaired) electrons. The third-order valence-electron chi connectivity index (χ3n) is 1.65. The summed E-state index contributed by atoms with van der Waals surface area (Å²) in [6, 6.07) is -0.542. The molecule has 1 saturated heterocycles. The second-order valence-corrected chi connectivity index (χ2v) is 2.99. The molecule has 1 heterocycles. The maximum atomic E-state index is 10.6. The highest BCUT2D eigenvalue weighted by Gasteiger charge is 2.38. The van der Waals surface area contributed by atoms with Crippen LogP contribution in [0.25, 0.3) is 0 Å². The van der Waals surface area contributed by atoms with Crippen LogP contribution in [0.3, 0.4) is 0 Å². The molecule has 1 aliphatic heterocycles. The van der Waals surface area contributed by atoms with Crippen molar-refractivity contribution < 1.29 is 38.1 Å². The minimum absolute atomic E-state index is 0.329. The molecule has 16 heavy (non-hydrogen) atoms. The molecule has 6 nitrogen and oxygen atoms in total. The van der Waals surface area contributed by atoms with Gasteiger partial charge in [-0.3, -0.25) is 4.79 Å². The van der Waals surface area contributed by atoms with Crippen molar-refractivity contribution in [2.45, 2.75) is 24.7 Å². The molecule has 0 aromatic rings. The van der Waals surface area contributed by atoms with Gasteiger partial charge in [-0.05, 0) is 0 Å². The van der Waals surface area contributed by atoms with Crippen molar-refractivity contribution in [1.29, 1.82) is 0 Å². The van der Waals surface area contributed by atoms with Crippen LogP contribution < -0.4 is 5.32 Å². The molecule has 9 heteroatoms. The summed E-state index contributed by atoms with van der Waals surface area (Å²) in [4.78, 5) is 19.1. The van der Waals surface area contributed by atoms with Crippen molar-refractivity contribution in [2.24, 2.45) is 0 Å². The fourth-order valence-corrected chi connectivity index (χ4v) is 0.905. The molecule has 4 N–H and O–H groups in total. The molecule has 0 bridgehead atoms. The molecule has 0 saturated carbocycles. The number of hydrogen-bond acceptors (Lipinski definition) is 4. The first-order chi connectivity index (χ1) is 7.14. The number of carboxylic acid groups (broad SMARTS) is 2. The van der Waals surface area contributed by atoms with Crippen LogP contribution in [0, 0.1) is 0 Å². The minimum atomic E-state index is -5.08. The van der Waals surface area contributed by atoms with Gasteiger partial charge in [-0.2, -0.15) is 13.2 Å². The Balaban J connectivity index is 0.000000293. The van der Waals surface area contributed by atoms with E-state index < -0.39 is 30.3 Å². The Kier molecular flexibility index (Phi) is 5.18. The fraction of sp³-hybridized carbons (Fsp3) is 0.714. The fourth-order valence-electron chi connectivity index (χ4n) is 0.905. The maximum Gasteiger partial charge on any atom is 0.490 e. The first-order valence-electron chi connectivity index (χ1n) is 4.09. The Morgan fingerprint density at radius 3 is 1.81 bits per heavy atom. The first kappa shape index (κ1) is 14.6. The Labute approximate surface area is 87.7 Å². The molecule has 0 aromatic heterocycles. The molecule has 1 rings (SSSR count). The number of aliphatic hydroxyl groups excluding tert-OH is 1. The van der Waals surface area contributed by atoms with E-state index in [-0.39, 0.29) is 0 Å². The molecule has 0 aliphatic carbocycles. The molecule has 0 spiro atoms. The number of nitrogens with one attached hydrogen (secondary N) is 1. The van der Waals surface area contributed by atoms with Gasteiger partial charge in [0.1, 0.15) is 6.04 Å². The van der Waals surface area contributed by atoms with Gasteiger partial charge in [-0.15, -0.1) is 0 Å². The Morgan fingerprint density at radius 1 is 1.25 bits per heavy atom. The summed E-state index contributed by atoms with van der Waals surface area (Å²) in [5, 5.41) is 27.0. The lowest BCUT2D eigenvalue weighted by molar-refractivity contribution is -0.192. The van der Waals surface area contributed by atoms with E-state index in [0.717, 1.165) is 0 Å². The third-order valence-corrected chi connectivity index (χ3v) is 1.65. The molecule has 1 aliphatic rings. The normalized spacial score (nSPS) is 24.5. The highest BCUT2D eigenvalue weighted by atomic mass is 19.4. The molecule has 0 aromatic carbocycles. The standard InChI is InChI=1S/C5H9NO3.C2HF3O2/c7-3-1-4(5(8)9)6-2-3;3-2(4,5)1(6)7/h3-4,6-7H,1-2H2,(H,8,9);(H,6,7)/t3-,4-;/m0./s1. The lowest BCUT2D eigenvalue weighted by atomic mass is 10.2. The number of carboxylic acids is 2. The summed E-state index contributed by atoms with van der Waals surface area (Å²) in [6.45, 7) is 0.400. The van der Waals surface area contributed by atoms with Gasteiger partial charge in [-0.25, -0.2) is 4.79 Å². The lowest BCUT2D eigenvalue weighted by Crippen LogP contribution is -2.29. The maximum absolute atomic E-state index is 10.6. The van der Waals surface area contributed by atoms with Gasteiger partial charge in [-0.1, -0.05) is 0 Å². The predicted molar refractivity (Wildman–Crippen MR) is 43.7 cm³/mol. The second kappa shape index (κ2) is 5.66. The zero-order valence-corrected chi connectivity index (χ0v) is 7.86. The quantitative estimate of drug-likeness (QED) is 0.492. The Bertz CT molecular complexity index is 267. The molecule has 94 valence electrons. The molecular weight excluding hydrogens is 235 g/mol. The van der Waals surface area contributed by atoms with E-state index in [1.807, 2.05) is 0 Å². The van der Waals surface area contributed by atoms with Crippen molar-refractivity contribution in [3.63, 3.8) is 0 Å². The third kappa shape index (κ3) is 5.51. The summed E-state index contributed by atoms with van der Waals surface area (Å²) in [6.07, 6.45) is -5.24. The first-order valence-corrected chi connectivity index (χ1v) is 4.09. The second-order valence-electron chi connectivity index (χ2n) is 2.99. The van der Waals surface area contributed by atoms with E-state index in [2.05, 4.69) is 5.32 Å². The van der Waals surface area contributed by atoms with Crippen molar-refractivity contribution in [3.8, 4) is 0 Å². The zero-order valence-electron chi connectivity index (χ0n) is 7.86. The van der Waals surface area contributed by atoms with Crippen LogP contribution in [-0.4, -0.2) is 52.1 Å². The Hall–Kier alpha value is -1.35. The van der Waals surface area contributed by atoms with E-state index in [1.165, 1.54) is 0 Å². The van der Waals surface area contributed by atoms with Gasteiger partial charge in [0.2, 0.25) is 0 Å². The average Bonchev–Trinajstić information content (AvgIpc) is 2.51. The highest BCUT2D eigenvalue weighted by molar-refractivity contribution is 5.74. The predicted octanol–water partition coefficient (Wildman–Crippen LogP) is -0.573. The number of halogens is 3. The summed E-state index contributed by atoms with van der Waals surface area (Å²) in [7, 11) is 0. The number of β-amino-alcohol motifs (C(OH)–C–C–N with tert-alkyl or cyclic N) is 1. The van der Waals surface area contributed by atoms with Gasteiger partial charge in [0, 0.05) is 13.0 Å². The van der Waals surface area contributed by atoms with Crippen molar-refractivity contribution in [1.82, 2.24) is 5.32 Å². The van der Waals surface area contributed by atoms with E-state index in [9.17, 15) is 18.0 Å². The molecule has 0 amide bonds. The number of carbonyl (C=O) groups is 2. The van der Waals surface area contributed by atoms with Crippen LogP contribution in [-0.2, 0) is 9.59 Å². The van der Waals surface area contributed by atoms with Gasteiger partial charge in [0.25, 0.3) is 0 Å². The van der Waals surface area contributed by atoms with Crippen LogP contribution >= 0.6 is 0 Å². The summed E-state index contributed by atoms with van der Waals surface area (Å²) in [5.74, 6) is -3.64. The summed E-state index contributed by atoms with van der Waals surface area (Å²) in [5.41, 5.74) is 0. The van der Waals surface area contributed by atoms with Crippen LogP contribution in [0.15, 0.2) is 0 Å². The number of hydrogen-bond donors (Lipinski definition) is 4. The van der Waals surface area contributed by atoms with Crippen LogP contribution in [0.1, 0.15) is 6.42 Å². The van der Waals surface area contributed by atoms with Gasteiger partial charge >= 0.3 is 18.1 Å². The van der Waals surface area contributed by atoms with Gasteiger partial charge in [0.15, 0.2) is 0 Å². The van der Waals surface area contributed by atoms with Crippen LogP contribution in [0.2, 0.25) is 0 Å². The molecule has 2 atom stereocenters. The highest BCUT2D eigenvalue weighted by Crippen LogP contribution is 2.13. The SMILES string of the molecule is O=C(O)C(F)(F)F.O=C(O)[C@@H]1C[C@H](O)CN1. The van der Waals surface area contributed by atoms with Crippen molar-refractivity contribution in [3.05, 3.63) is 0 Å². The monoisotopic (exact) mass is 245 g/mol. The Morgan fingerprint density at radius 2 is 1.69 bits per heavy atom. The van der Waals surface area contributed by atoms with Crippen LogP contribution in [0.5, 0.6) is 0 Å². The molecule has 1 fully saturated rings. The number of alkyl halides is 3. The summed E-state index contributed by atoms with van der Waals surface area (Å²) >= 11 is 0. The smallest absolute Gasteiger partial charge is 0.480 e.